The van der Waals surface area contributed by atoms with Crippen molar-refractivity contribution in [3.63, 3.8) is 0 Å². The molecule has 1 amide bonds. The van der Waals surface area contributed by atoms with Gasteiger partial charge in [0.2, 0.25) is 0 Å². The van der Waals surface area contributed by atoms with E-state index in [-0.39, 0.29) is 5.91 Å². The summed E-state index contributed by atoms with van der Waals surface area (Å²) in [5, 5.41) is 0. The van der Waals surface area contributed by atoms with Gasteiger partial charge in [0.15, 0.2) is 0 Å². The van der Waals surface area contributed by atoms with Gasteiger partial charge in [-0.15, -0.1) is 0 Å². The highest BCUT2D eigenvalue weighted by Crippen LogP contribution is 2.17. The van der Waals surface area contributed by atoms with Crippen LogP contribution in [0.2, 0.25) is 0 Å². The van der Waals surface area contributed by atoms with Crippen molar-refractivity contribution >= 4 is 11.6 Å². The molecule has 22 heavy (non-hydrogen) atoms. The number of piperazine rings is 1. The van der Waals surface area contributed by atoms with Gasteiger partial charge in [-0.1, -0.05) is 6.07 Å². The lowest BCUT2D eigenvalue weighted by atomic mass is 10.1. The van der Waals surface area contributed by atoms with E-state index in [4.69, 9.17) is 0 Å². The van der Waals surface area contributed by atoms with E-state index >= 15 is 0 Å². The Balaban J connectivity index is 1.66. The van der Waals surface area contributed by atoms with Gasteiger partial charge in [-0.05, 0) is 49.2 Å². The summed E-state index contributed by atoms with van der Waals surface area (Å²) in [7, 11) is 0. The molecule has 2 aromatic rings. The molecule has 1 aromatic carbocycles. The molecular formula is C18H21N3O. The Bertz CT molecular complexity index is 661. The van der Waals surface area contributed by atoms with Gasteiger partial charge in [-0.3, -0.25) is 9.78 Å². The average Bonchev–Trinajstić information content (AvgIpc) is 2.58. The molecule has 3 rings (SSSR count). The number of carbonyl (C=O) groups excluding carboxylic acids is 1. The number of anilines is 1. The molecule has 0 spiro atoms. The predicted molar refractivity (Wildman–Crippen MR) is 88.3 cm³/mol. The normalized spacial score (nSPS) is 15.0. The second-order valence-corrected chi connectivity index (χ2v) is 5.78. The fourth-order valence-corrected chi connectivity index (χ4v) is 2.78. The van der Waals surface area contributed by atoms with Crippen LogP contribution >= 0.6 is 0 Å². The van der Waals surface area contributed by atoms with Gasteiger partial charge in [0.1, 0.15) is 0 Å². The third-order valence-electron chi connectivity index (χ3n) is 4.35. The first-order valence-electron chi connectivity index (χ1n) is 7.66. The number of benzene rings is 1. The molecule has 0 saturated carbocycles. The number of amides is 1. The molecule has 1 fully saturated rings. The van der Waals surface area contributed by atoms with Crippen molar-refractivity contribution < 1.29 is 4.79 Å². The molecule has 1 saturated heterocycles. The number of hydrogen-bond acceptors (Lipinski definition) is 3. The van der Waals surface area contributed by atoms with Gasteiger partial charge in [0.25, 0.3) is 5.91 Å². The fourth-order valence-electron chi connectivity index (χ4n) is 2.78. The number of carbonyl (C=O) groups is 1. The van der Waals surface area contributed by atoms with E-state index in [2.05, 4.69) is 16.8 Å². The SMILES string of the molecule is Cc1ccc(C(=O)N2CCN(c3ccncc3)CC2)cc1C. The number of aryl methyl sites for hydroxylation is 2. The highest BCUT2D eigenvalue weighted by atomic mass is 16.2. The summed E-state index contributed by atoms with van der Waals surface area (Å²) in [6.45, 7) is 7.36. The van der Waals surface area contributed by atoms with Gasteiger partial charge in [0, 0.05) is 49.8 Å². The van der Waals surface area contributed by atoms with E-state index in [9.17, 15) is 4.79 Å². The second-order valence-electron chi connectivity index (χ2n) is 5.78. The summed E-state index contributed by atoms with van der Waals surface area (Å²) in [6.07, 6.45) is 3.61. The van der Waals surface area contributed by atoms with Crippen LogP contribution in [-0.2, 0) is 0 Å². The Morgan fingerprint density at radius 1 is 0.955 bits per heavy atom. The molecule has 0 N–H and O–H groups in total. The van der Waals surface area contributed by atoms with Crippen LogP contribution in [0.15, 0.2) is 42.7 Å². The van der Waals surface area contributed by atoms with Crippen LogP contribution in [0.4, 0.5) is 5.69 Å². The Hall–Kier alpha value is -2.36. The monoisotopic (exact) mass is 295 g/mol. The van der Waals surface area contributed by atoms with Crippen LogP contribution in [0.3, 0.4) is 0 Å². The van der Waals surface area contributed by atoms with Gasteiger partial charge in [-0.25, -0.2) is 0 Å². The summed E-state index contributed by atoms with van der Waals surface area (Å²) in [6, 6.07) is 9.98. The van der Waals surface area contributed by atoms with Gasteiger partial charge in [-0.2, -0.15) is 0 Å². The van der Waals surface area contributed by atoms with E-state index in [1.54, 1.807) is 0 Å². The summed E-state index contributed by atoms with van der Waals surface area (Å²) in [4.78, 5) is 20.9. The standard InChI is InChI=1S/C18H21N3O/c1-14-3-4-16(13-15(14)2)18(22)21-11-9-20(10-12-21)17-5-7-19-8-6-17/h3-8,13H,9-12H2,1-2H3. The minimum atomic E-state index is 0.137. The molecule has 4 nitrogen and oxygen atoms in total. The van der Waals surface area contributed by atoms with Crippen LogP contribution in [0.5, 0.6) is 0 Å². The minimum absolute atomic E-state index is 0.137. The van der Waals surface area contributed by atoms with E-state index in [1.165, 1.54) is 16.8 Å². The Morgan fingerprint density at radius 2 is 1.64 bits per heavy atom. The highest BCUT2D eigenvalue weighted by Gasteiger charge is 2.22. The Morgan fingerprint density at radius 3 is 2.27 bits per heavy atom. The molecule has 0 unspecified atom stereocenters. The molecule has 0 aliphatic carbocycles. The average molecular weight is 295 g/mol. The first kappa shape index (κ1) is 14.6. The second kappa shape index (κ2) is 6.18. The van der Waals surface area contributed by atoms with Gasteiger partial charge >= 0.3 is 0 Å². The maximum Gasteiger partial charge on any atom is 0.253 e. The zero-order valence-electron chi connectivity index (χ0n) is 13.1. The quantitative estimate of drug-likeness (QED) is 0.854. The van der Waals surface area contributed by atoms with Crippen molar-refractivity contribution in [3.05, 3.63) is 59.4 Å². The maximum atomic E-state index is 12.6. The Kier molecular flexibility index (Phi) is 4.09. The third kappa shape index (κ3) is 2.96. The number of pyridine rings is 1. The summed E-state index contributed by atoms with van der Waals surface area (Å²) in [5.74, 6) is 0.137. The molecule has 4 heteroatoms. The summed E-state index contributed by atoms with van der Waals surface area (Å²) >= 11 is 0. The van der Waals surface area contributed by atoms with Crippen molar-refractivity contribution in [2.45, 2.75) is 13.8 Å². The van der Waals surface area contributed by atoms with Crippen molar-refractivity contribution in [2.75, 3.05) is 31.1 Å². The zero-order chi connectivity index (χ0) is 15.5. The number of rotatable bonds is 2. The van der Waals surface area contributed by atoms with Gasteiger partial charge in [0.05, 0.1) is 0 Å². The predicted octanol–water partition coefficient (Wildman–Crippen LogP) is 2.66. The number of nitrogens with zero attached hydrogens (tertiary/aromatic N) is 3. The van der Waals surface area contributed by atoms with Crippen LogP contribution < -0.4 is 4.90 Å². The smallest absolute Gasteiger partial charge is 0.253 e. The molecule has 0 bridgehead atoms. The van der Waals surface area contributed by atoms with Crippen LogP contribution in [-0.4, -0.2) is 42.0 Å². The minimum Gasteiger partial charge on any atom is -0.368 e. The maximum absolute atomic E-state index is 12.6. The summed E-state index contributed by atoms with van der Waals surface area (Å²) < 4.78 is 0. The largest absolute Gasteiger partial charge is 0.368 e. The van der Waals surface area contributed by atoms with Crippen LogP contribution in [0.25, 0.3) is 0 Å². The highest BCUT2D eigenvalue weighted by molar-refractivity contribution is 5.94. The number of aromatic nitrogens is 1. The summed E-state index contributed by atoms with van der Waals surface area (Å²) in [5.41, 5.74) is 4.36. The first-order valence-corrected chi connectivity index (χ1v) is 7.66. The van der Waals surface area contributed by atoms with Crippen LogP contribution in [0.1, 0.15) is 21.5 Å². The lowest BCUT2D eigenvalue weighted by Crippen LogP contribution is -2.48. The lowest BCUT2D eigenvalue weighted by molar-refractivity contribution is 0.0746. The van der Waals surface area contributed by atoms with Gasteiger partial charge < -0.3 is 9.80 Å². The molecule has 114 valence electrons. The topological polar surface area (TPSA) is 36.4 Å². The van der Waals surface area contributed by atoms with E-state index < -0.39 is 0 Å². The molecule has 1 aliphatic heterocycles. The van der Waals surface area contributed by atoms with Crippen molar-refractivity contribution in [2.24, 2.45) is 0 Å². The first-order chi connectivity index (χ1) is 10.6. The number of hydrogen-bond donors (Lipinski definition) is 0. The zero-order valence-corrected chi connectivity index (χ0v) is 13.1. The molecule has 1 aromatic heterocycles. The third-order valence-corrected chi connectivity index (χ3v) is 4.35. The van der Waals surface area contributed by atoms with Crippen molar-refractivity contribution in [1.82, 2.24) is 9.88 Å². The Labute approximate surface area is 131 Å². The molecule has 2 heterocycles. The molecule has 0 atom stereocenters. The molecule has 1 aliphatic rings. The molecular weight excluding hydrogens is 274 g/mol. The van der Waals surface area contributed by atoms with E-state index in [1.807, 2.05) is 54.5 Å². The van der Waals surface area contributed by atoms with Crippen LogP contribution in [0, 0.1) is 13.8 Å². The fraction of sp³-hybridized carbons (Fsp3) is 0.333. The lowest BCUT2D eigenvalue weighted by Gasteiger charge is -2.36. The van der Waals surface area contributed by atoms with Crippen molar-refractivity contribution in [3.8, 4) is 0 Å². The van der Waals surface area contributed by atoms with Crippen molar-refractivity contribution in [1.29, 1.82) is 0 Å². The van der Waals surface area contributed by atoms with E-state index in [0.717, 1.165) is 31.7 Å². The van der Waals surface area contributed by atoms with E-state index in [0.29, 0.717) is 0 Å². The molecule has 0 radical (unpaired) electrons.